The normalized spacial score (nSPS) is 15.2. The van der Waals surface area contributed by atoms with Crippen molar-refractivity contribution in [3.63, 3.8) is 0 Å². The molecule has 1 unspecified atom stereocenters. The number of rotatable bonds is 3. The smallest absolute Gasteiger partial charge is 0.244 e. The summed E-state index contributed by atoms with van der Waals surface area (Å²) in [6.45, 7) is 3.23. The summed E-state index contributed by atoms with van der Waals surface area (Å²) in [7, 11) is 0. The van der Waals surface area contributed by atoms with Gasteiger partial charge in [0.2, 0.25) is 11.8 Å². The molecule has 0 bridgehead atoms. The maximum atomic E-state index is 13.8. The first-order valence-electron chi connectivity index (χ1n) is 9.45. The van der Waals surface area contributed by atoms with E-state index in [1.165, 1.54) is 17.0 Å². The molecule has 1 N–H and O–H groups in total. The number of carbonyl (C=O) groups is 2. The van der Waals surface area contributed by atoms with Crippen LogP contribution in [0, 0.1) is 12.7 Å². The lowest BCUT2D eigenvalue weighted by Crippen LogP contribution is -2.40. The van der Waals surface area contributed by atoms with E-state index in [2.05, 4.69) is 31.2 Å². The number of benzene rings is 1. The number of nitrogens with zero attached hydrogens (tertiary/aromatic N) is 3. The van der Waals surface area contributed by atoms with Crippen molar-refractivity contribution in [1.82, 2.24) is 9.97 Å². The lowest BCUT2D eigenvalue weighted by Gasteiger charge is -2.24. The zero-order valence-corrected chi connectivity index (χ0v) is 19.0. The monoisotopic (exact) mass is 502 g/mol. The number of aromatic nitrogens is 2. The van der Waals surface area contributed by atoms with Crippen LogP contribution in [0.3, 0.4) is 0 Å². The Bertz CT molecular complexity index is 1220. The molecule has 0 saturated heterocycles. The second-order valence-electron chi connectivity index (χ2n) is 7.21. The molecule has 3 aromatic rings. The molecule has 6 nitrogen and oxygen atoms in total. The van der Waals surface area contributed by atoms with Crippen molar-refractivity contribution in [3.8, 4) is 11.1 Å². The molecule has 1 aromatic carbocycles. The minimum absolute atomic E-state index is 0.228. The molecule has 158 valence electrons. The summed E-state index contributed by atoms with van der Waals surface area (Å²) in [5.74, 6) is -1.87. The highest BCUT2D eigenvalue weighted by Gasteiger charge is 2.35. The first-order chi connectivity index (χ1) is 14.8. The molecule has 2 aromatic heterocycles. The number of hydrogen-bond donors (Lipinski definition) is 1. The van der Waals surface area contributed by atoms with Crippen molar-refractivity contribution in [1.29, 1.82) is 0 Å². The van der Waals surface area contributed by atoms with E-state index in [1.807, 2.05) is 6.07 Å². The van der Waals surface area contributed by atoms with Crippen molar-refractivity contribution < 1.29 is 14.0 Å². The Kier molecular flexibility index (Phi) is 5.77. The van der Waals surface area contributed by atoms with Gasteiger partial charge in [-0.25, -0.2) is 9.37 Å². The second kappa shape index (κ2) is 8.36. The van der Waals surface area contributed by atoms with Crippen LogP contribution < -0.4 is 10.2 Å². The van der Waals surface area contributed by atoms with Crippen molar-refractivity contribution in [2.75, 3.05) is 16.8 Å². The van der Waals surface area contributed by atoms with Crippen LogP contribution in [0.15, 0.2) is 47.1 Å². The molecule has 1 aliphatic rings. The van der Waals surface area contributed by atoms with E-state index in [9.17, 15) is 14.0 Å². The summed E-state index contributed by atoms with van der Waals surface area (Å²) in [6, 6.07) is 9.59. The Labute approximate surface area is 191 Å². The Morgan fingerprint density at radius 1 is 1.32 bits per heavy atom. The van der Waals surface area contributed by atoms with Crippen molar-refractivity contribution in [2.45, 2.75) is 19.8 Å². The molecule has 4 rings (SSSR count). The predicted octanol–water partition coefficient (Wildman–Crippen LogP) is 5.10. The molecule has 9 heteroatoms. The summed E-state index contributed by atoms with van der Waals surface area (Å²) >= 11 is 9.56. The average Bonchev–Trinajstić information content (AvgIpc) is 2.80. The first kappa shape index (κ1) is 21.4. The van der Waals surface area contributed by atoms with Gasteiger partial charge < -0.3 is 10.2 Å². The van der Waals surface area contributed by atoms with E-state index in [-0.39, 0.29) is 23.3 Å². The topological polar surface area (TPSA) is 75.2 Å². The highest BCUT2D eigenvalue weighted by molar-refractivity contribution is 9.10. The van der Waals surface area contributed by atoms with Crippen LogP contribution in [0.25, 0.3) is 11.1 Å². The molecule has 0 fully saturated rings. The van der Waals surface area contributed by atoms with E-state index in [0.29, 0.717) is 32.7 Å². The molecule has 2 amide bonds. The van der Waals surface area contributed by atoms with E-state index < -0.39 is 17.6 Å². The van der Waals surface area contributed by atoms with Gasteiger partial charge in [-0.15, -0.1) is 0 Å². The molecule has 1 atom stereocenters. The fourth-order valence-electron chi connectivity index (χ4n) is 3.61. The predicted molar refractivity (Wildman–Crippen MR) is 121 cm³/mol. The summed E-state index contributed by atoms with van der Waals surface area (Å²) in [5, 5.41) is 2.86. The number of carbonyl (C=O) groups excluding carboxylic acids is 2. The maximum absolute atomic E-state index is 13.8. The number of fused-ring (bicyclic) bond motifs is 3. The van der Waals surface area contributed by atoms with Crippen LogP contribution in [0.1, 0.15) is 24.2 Å². The zero-order valence-electron chi connectivity index (χ0n) is 16.6. The molecular weight excluding hydrogens is 487 g/mol. The number of hydrogen-bond acceptors (Lipinski definition) is 4. The van der Waals surface area contributed by atoms with Gasteiger partial charge in [-0.2, -0.15) is 0 Å². The average molecular weight is 504 g/mol. The minimum atomic E-state index is -0.599. The van der Waals surface area contributed by atoms with Gasteiger partial charge in [-0.3, -0.25) is 14.6 Å². The lowest BCUT2D eigenvalue weighted by atomic mass is 9.98. The van der Waals surface area contributed by atoms with Gasteiger partial charge in [0, 0.05) is 28.7 Å². The van der Waals surface area contributed by atoms with Crippen molar-refractivity contribution in [2.24, 2.45) is 0 Å². The molecule has 0 aliphatic carbocycles. The van der Waals surface area contributed by atoms with Crippen molar-refractivity contribution >= 4 is 50.7 Å². The number of pyridine rings is 2. The third-order valence-corrected chi connectivity index (χ3v) is 5.95. The molecule has 31 heavy (non-hydrogen) atoms. The van der Waals surface area contributed by atoms with Gasteiger partial charge >= 0.3 is 0 Å². The van der Waals surface area contributed by atoms with Crippen LogP contribution in [0.2, 0.25) is 5.15 Å². The summed E-state index contributed by atoms with van der Waals surface area (Å²) < 4.78 is 14.1. The molecule has 0 radical (unpaired) electrons. The second-order valence-corrected chi connectivity index (χ2v) is 8.42. The number of nitrogens with one attached hydrogen (secondary N) is 1. The van der Waals surface area contributed by atoms with E-state index >= 15 is 0 Å². The SMILES string of the molecule is Cc1cc2c(c(Cl)n1)-c1cccnc1C(C)C(=O)N2CC(=O)Nc1ccc(Br)c(F)c1. The van der Waals surface area contributed by atoms with E-state index in [4.69, 9.17) is 11.6 Å². The molecule has 0 saturated carbocycles. The van der Waals surface area contributed by atoms with E-state index in [0.717, 1.165) is 0 Å². The van der Waals surface area contributed by atoms with Crippen molar-refractivity contribution in [3.05, 3.63) is 69.4 Å². The number of anilines is 2. The molecular formula is C22H17BrClFN4O2. The van der Waals surface area contributed by atoms with Gasteiger partial charge in [0.1, 0.15) is 17.5 Å². The highest BCUT2D eigenvalue weighted by Crippen LogP contribution is 2.43. The largest absolute Gasteiger partial charge is 0.324 e. The van der Waals surface area contributed by atoms with E-state index in [1.54, 1.807) is 38.2 Å². The van der Waals surface area contributed by atoms with Crippen LogP contribution in [-0.4, -0.2) is 28.3 Å². The van der Waals surface area contributed by atoms with Crippen LogP contribution in [-0.2, 0) is 9.59 Å². The molecule has 3 heterocycles. The fourth-order valence-corrected chi connectivity index (χ4v) is 4.18. The van der Waals surface area contributed by atoms with Gasteiger partial charge in [-0.05, 0) is 60.1 Å². The molecule has 1 aliphatic heterocycles. The number of aryl methyl sites for hydroxylation is 1. The Balaban J connectivity index is 1.75. The summed E-state index contributed by atoms with van der Waals surface area (Å²) in [4.78, 5) is 36.3. The third kappa shape index (κ3) is 4.05. The maximum Gasteiger partial charge on any atom is 0.244 e. The number of amides is 2. The van der Waals surface area contributed by atoms with Crippen LogP contribution in [0.4, 0.5) is 15.8 Å². The Morgan fingerprint density at radius 2 is 2.10 bits per heavy atom. The van der Waals surface area contributed by atoms with Gasteiger partial charge in [0.25, 0.3) is 0 Å². The Morgan fingerprint density at radius 3 is 2.84 bits per heavy atom. The first-order valence-corrected chi connectivity index (χ1v) is 10.6. The minimum Gasteiger partial charge on any atom is -0.324 e. The van der Waals surface area contributed by atoms with Gasteiger partial charge in [0.05, 0.1) is 21.8 Å². The molecule has 0 spiro atoms. The van der Waals surface area contributed by atoms with Crippen LogP contribution in [0.5, 0.6) is 0 Å². The highest BCUT2D eigenvalue weighted by atomic mass is 79.9. The Hall–Kier alpha value is -2.84. The quantitative estimate of drug-likeness (QED) is 0.505. The number of halogens is 3. The fraction of sp³-hybridized carbons (Fsp3) is 0.182. The van der Waals surface area contributed by atoms with Crippen LogP contribution >= 0.6 is 27.5 Å². The summed E-state index contributed by atoms with van der Waals surface area (Å²) in [5.41, 5.74) is 3.20. The van der Waals surface area contributed by atoms with Gasteiger partial charge in [0.15, 0.2) is 0 Å². The van der Waals surface area contributed by atoms with Gasteiger partial charge in [-0.1, -0.05) is 17.7 Å². The summed E-state index contributed by atoms with van der Waals surface area (Å²) in [6.07, 6.45) is 1.61. The lowest BCUT2D eigenvalue weighted by molar-refractivity contribution is -0.122. The third-order valence-electron chi connectivity index (χ3n) is 5.03. The standard InChI is InChI=1S/C22H17BrClFN4O2/c1-11-8-17-19(21(24)27-11)14-4-3-7-26-20(14)12(2)22(31)29(17)10-18(30)28-13-5-6-15(23)16(25)9-13/h3-9,12H,10H2,1-2H3,(H,28,30). The zero-order chi connectivity index (χ0) is 22.3.